The number of carbonyl (C=O) groups excluding carboxylic acids is 1. The van der Waals surface area contributed by atoms with E-state index in [2.05, 4.69) is 10.6 Å². The molecule has 1 rings (SSSR count). The van der Waals surface area contributed by atoms with Gasteiger partial charge in [-0.2, -0.15) is 0 Å². The van der Waals surface area contributed by atoms with Crippen molar-refractivity contribution in [2.24, 2.45) is 0 Å². The van der Waals surface area contributed by atoms with Crippen LogP contribution in [0.4, 0.5) is 10.5 Å². The average molecular weight is 296 g/mol. The van der Waals surface area contributed by atoms with Crippen molar-refractivity contribution < 1.29 is 24.5 Å². The molecule has 0 saturated carbocycles. The highest BCUT2D eigenvalue weighted by atomic mass is 16.5. The van der Waals surface area contributed by atoms with Gasteiger partial charge >= 0.3 is 12.0 Å². The SMILES string of the molecule is CCOc1cc(NC(=O)NCC(C)(O)C(=O)O)ccc1C. The topological polar surface area (TPSA) is 108 Å². The number of amides is 2. The quantitative estimate of drug-likeness (QED) is 0.634. The lowest BCUT2D eigenvalue weighted by Crippen LogP contribution is -2.47. The Labute approximate surface area is 122 Å². The maximum Gasteiger partial charge on any atom is 0.337 e. The van der Waals surface area contributed by atoms with Crippen LogP contribution in [0.15, 0.2) is 18.2 Å². The number of rotatable bonds is 6. The molecule has 7 heteroatoms. The summed E-state index contributed by atoms with van der Waals surface area (Å²) in [4.78, 5) is 22.4. The molecule has 0 aliphatic rings. The van der Waals surface area contributed by atoms with Crippen molar-refractivity contribution in [3.8, 4) is 5.75 Å². The van der Waals surface area contributed by atoms with E-state index in [0.717, 1.165) is 12.5 Å². The zero-order valence-electron chi connectivity index (χ0n) is 12.3. The minimum atomic E-state index is -2.01. The zero-order valence-corrected chi connectivity index (χ0v) is 12.3. The highest BCUT2D eigenvalue weighted by Crippen LogP contribution is 2.22. The molecule has 116 valence electrons. The van der Waals surface area contributed by atoms with Crippen LogP contribution in [0.1, 0.15) is 19.4 Å². The van der Waals surface area contributed by atoms with Gasteiger partial charge in [-0.25, -0.2) is 9.59 Å². The third kappa shape index (κ3) is 4.96. The first kappa shape index (κ1) is 16.8. The van der Waals surface area contributed by atoms with Crippen LogP contribution in [0.25, 0.3) is 0 Å². The first-order valence-electron chi connectivity index (χ1n) is 6.50. The van der Waals surface area contributed by atoms with Gasteiger partial charge in [0.25, 0.3) is 0 Å². The molecule has 1 aromatic carbocycles. The van der Waals surface area contributed by atoms with Gasteiger partial charge in [-0.05, 0) is 32.4 Å². The highest BCUT2D eigenvalue weighted by Gasteiger charge is 2.30. The van der Waals surface area contributed by atoms with E-state index < -0.39 is 24.1 Å². The summed E-state index contributed by atoms with van der Waals surface area (Å²) in [6, 6.07) is 4.57. The number of aliphatic hydroxyl groups is 1. The summed E-state index contributed by atoms with van der Waals surface area (Å²) >= 11 is 0. The third-order valence-electron chi connectivity index (χ3n) is 2.80. The molecule has 0 radical (unpaired) electrons. The summed E-state index contributed by atoms with van der Waals surface area (Å²) in [6.07, 6.45) is 0. The minimum Gasteiger partial charge on any atom is -0.494 e. The van der Waals surface area contributed by atoms with E-state index in [1.54, 1.807) is 18.2 Å². The second-order valence-corrected chi connectivity index (χ2v) is 4.80. The van der Waals surface area contributed by atoms with E-state index in [0.29, 0.717) is 18.0 Å². The van der Waals surface area contributed by atoms with Gasteiger partial charge in [0.1, 0.15) is 5.75 Å². The second kappa shape index (κ2) is 6.94. The third-order valence-corrected chi connectivity index (χ3v) is 2.80. The fourth-order valence-electron chi connectivity index (χ4n) is 1.49. The van der Waals surface area contributed by atoms with Crippen molar-refractivity contribution in [3.63, 3.8) is 0 Å². The predicted molar refractivity (Wildman–Crippen MR) is 77.6 cm³/mol. The molecule has 7 nitrogen and oxygen atoms in total. The molecular weight excluding hydrogens is 276 g/mol. The van der Waals surface area contributed by atoms with Crippen LogP contribution in [0.3, 0.4) is 0 Å². The van der Waals surface area contributed by atoms with Crippen LogP contribution in [-0.2, 0) is 4.79 Å². The van der Waals surface area contributed by atoms with Gasteiger partial charge in [0.15, 0.2) is 5.60 Å². The van der Waals surface area contributed by atoms with E-state index in [-0.39, 0.29) is 0 Å². The number of aliphatic carboxylic acids is 1. The lowest BCUT2D eigenvalue weighted by atomic mass is 10.1. The summed E-state index contributed by atoms with van der Waals surface area (Å²) in [6.45, 7) is 4.96. The Kier molecular flexibility index (Phi) is 5.54. The van der Waals surface area contributed by atoms with Gasteiger partial charge in [-0.3, -0.25) is 0 Å². The predicted octanol–water partition coefficient (Wildman–Crippen LogP) is 1.35. The zero-order chi connectivity index (χ0) is 16.0. The summed E-state index contributed by atoms with van der Waals surface area (Å²) < 4.78 is 5.42. The Morgan fingerprint density at radius 2 is 2.05 bits per heavy atom. The summed E-state index contributed by atoms with van der Waals surface area (Å²) in [5.41, 5.74) is -0.561. The lowest BCUT2D eigenvalue weighted by molar-refractivity contribution is -0.155. The van der Waals surface area contributed by atoms with E-state index in [4.69, 9.17) is 9.84 Å². The number of nitrogens with one attached hydrogen (secondary N) is 2. The number of urea groups is 1. The molecule has 0 fully saturated rings. The van der Waals surface area contributed by atoms with Gasteiger partial charge < -0.3 is 25.6 Å². The molecule has 4 N–H and O–H groups in total. The molecule has 0 aromatic heterocycles. The molecule has 1 atom stereocenters. The number of hydrogen-bond acceptors (Lipinski definition) is 4. The summed E-state index contributed by atoms with van der Waals surface area (Å²) in [5, 5.41) is 23.1. The fourth-order valence-corrected chi connectivity index (χ4v) is 1.49. The number of aryl methyl sites for hydroxylation is 1. The number of hydrogen-bond donors (Lipinski definition) is 4. The van der Waals surface area contributed by atoms with Crippen LogP contribution < -0.4 is 15.4 Å². The van der Waals surface area contributed by atoms with E-state index in [9.17, 15) is 14.7 Å². The maximum absolute atomic E-state index is 11.7. The Bertz CT molecular complexity index is 528. The van der Waals surface area contributed by atoms with Crippen molar-refractivity contribution in [1.29, 1.82) is 0 Å². The number of ether oxygens (including phenoxy) is 1. The standard InChI is InChI=1S/C14H20N2O5/c1-4-21-11-7-10(6-5-9(11)2)16-13(19)15-8-14(3,20)12(17)18/h5-7,20H,4,8H2,1-3H3,(H,17,18)(H2,15,16,19). The van der Waals surface area contributed by atoms with Crippen molar-refractivity contribution >= 4 is 17.7 Å². The van der Waals surface area contributed by atoms with Crippen LogP contribution in [0.2, 0.25) is 0 Å². The van der Waals surface area contributed by atoms with E-state index in [1.165, 1.54) is 0 Å². The normalized spacial score (nSPS) is 13.1. The maximum atomic E-state index is 11.7. The number of benzene rings is 1. The van der Waals surface area contributed by atoms with Gasteiger partial charge in [0.05, 0.1) is 13.2 Å². The molecule has 0 heterocycles. The van der Waals surface area contributed by atoms with Crippen molar-refractivity contribution in [1.82, 2.24) is 5.32 Å². The summed E-state index contributed by atoms with van der Waals surface area (Å²) in [5.74, 6) is -0.746. The van der Waals surface area contributed by atoms with Gasteiger partial charge in [-0.15, -0.1) is 0 Å². The summed E-state index contributed by atoms with van der Waals surface area (Å²) in [7, 11) is 0. The molecule has 0 saturated heterocycles. The Morgan fingerprint density at radius 1 is 1.38 bits per heavy atom. The first-order chi connectivity index (χ1) is 9.76. The monoisotopic (exact) mass is 296 g/mol. The molecule has 2 amide bonds. The molecule has 0 aliphatic heterocycles. The fraction of sp³-hybridized carbons (Fsp3) is 0.429. The van der Waals surface area contributed by atoms with Gasteiger partial charge in [0, 0.05) is 11.8 Å². The molecule has 0 spiro atoms. The van der Waals surface area contributed by atoms with Gasteiger partial charge in [0.2, 0.25) is 0 Å². The van der Waals surface area contributed by atoms with Crippen molar-refractivity contribution in [2.45, 2.75) is 26.4 Å². The first-order valence-corrected chi connectivity index (χ1v) is 6.50. The number of carboxylic acids is 1. The Morgan fingerprint density at radius 3 is 2.62 bits per heavy atom. The van der Waals surface area contributed by atoms with Crippen LogP contribution in [0.5, 0.6) is 5.75 Å². The second-order valence-electron chi connectivity index (χ2n) is 4.80. The largest absolute Gasteiger partial charge is 0.494 e. The Balaban J connectivity index is 2.63. The van der Waals surface area contributed by atoms with Crippen LogP contribution in [0, 0.1) is 6.92 Å². The van der Waals surface area contributed by atoms with Crippen LogP contribution in [-0.4, -0.2) is 41.0 Å². The molecular formula is C14H20N2O5. The molecule has 1 aromatic rings. The minimum absolute atomic E-state index is 0.404. The smallest absolute Gasteiger partial charge is 0.337 e. The van der Waals surface area contributed by atoms with E-state index in [1.807, 2.05) is 13.8 Å². The number of carboxylic acid groups (broad SMARTS) is 1. The molecule has 0 aliphatic carbocycles. The Hall–Kier alpha value is -2.28. The van der Waals surface area contributed by atoms with Crippen molar-refractivity contribution in [3.05, 3.63) is 23.8 Å². The van der Waals surface area contributed by atoms with E-state index >= 15 is 0 Å². The molecule has 21 heavy (non-hydrogen) atoms. The molecule has 1 unspecified atom stereocenters. The number of carbonyl (C=O) groups is 2. The average Bonchev–Trinajstić information content (AvgIpc) is 2.40. The van der Waals surface area contributed by atoms with Crippen LogP contribution >= 0.6 is 0 Å². The number of anilines is 1. The van der Waals surface area contributed by atoms with Gasteiger partial charge in [-0.1, -0.05) is 6.07 Å². The lowest BCUT2D eigenvalue weighted by Gasteiger charge is -2.18. The van der Waals surface area contributed by atoms with Crippen molar-refractivity contribution in [2.75, 3.05) is 18.5 Å². The highest BCUT2D eigenvalue weighted by molar-refractivity contribution is 5.90. The molecule has 0 bridgehead atoms.